The van der Waals surface area contributed by atoms with Gasteiger partial charge in [-0.2, -0.15) is 5.10 Å². The molecule has 2 heterocycles. The fourth-order valence-corrected chi connectivity index (χ4v) is 5.27. The highest BCUT2D eigenvalue weighted by Gasteiger charge is 2.47. The van der Waals surface area contributed by atoms with Crippen molar-refractivity contribution in [3.05, 3.63) is 45.8 Å². The van der Waals surface area contributed by atoms with E-state index in [1.807, 2.05) is 0 Å². The summed E-state index contributed by atoms with van der Waals surface area (Å²) in [4.78, 5) is 14.6. The third-order valence-corrected chi connectivity index (χ3v) is 6.95. The molecule has 1 aromatic carbocycles. The van der Waals surface area contributed by atoms with E-state index in [9.17, 15) is 17.6 Å². The Balaban J connectivity index is 2.00. The lowest BCUT2D eigenvalue weighted by molar-refractivity contribution is 0.202. The highest BCUT2D eigenvalue weighted by molar-refractivity contribution is 7.89. The van der Waals surface area contributed by atoms with Crippen LogP contribution in [0.1, 0.15) is 24.1 Å². The van der Waals surface area contributed by atoms with Gasteiger partial charge in [-0.15, -0.1) is 5.10 Å². The predicted molar refractivity (Wildman–Crippen MR) is 108 cm³/mol. The van der Waals surface area contributed by atoms with Gasteiger partial charge in [0.2, 0.25) is 10.0 Å². The topological polar surface area (TPSA) is 119 Å². The van der Waals surface area contributed by atoms with E-state index in [4.69, 9.17) is 4.74 Å². The van der Waals surface area contributed by atoms with Crippen molar-refractivity contribution in [2.24, 2.45) is 0 Å². The molecule has 0 saturated heterocycles. The Morgan fingerprint density at radius 1 is 1.32 bits per heavy atom. The zero-order valence-corrected chi connectivity index (χ0v) is 17.7. The first-order valence-electron chi connectivity index (χ1n) is 9.57. The number of benzene rings is 1. The molecule has 0 spiro atoms. The number of methoxy groups -OCH3 is 1. The first-order valence-corrected chi connectivity index (χ1v) is 11.1. The third-order valence-electron chi connectivity index (χ3n) is 5.27. The van der Waals surface area contributed by atoms with Crippen LogP contribution in [0.25, 0.3) is 16.9 Å². The van der Waals surface area contributed by atoms with E-state index in [0.29, 0.717) is 18.5 Å². The summed E-state index contributed by atoms with van der Waals surface area (Å²) in [6, 6.07) is 4.13. The second-order valence-corrected chi connectivity index (χ2v) is 9.24. The van der Waals surface area contributed by atoms with E-state index in [0.717, 1.165) is 10.6 Å². The monoisotopic (exact) mass is 453 g/mol. The summed E-state index contributed by atoms with van der Waals surface area (Å²) in [6.07, 6.45) is 0.641. The number of hydrogen-bond donors (Lipinski definition) is 2. The minimum Gasteiger partial charge on any atom is -0.384 e. The number of fused-ring (bicyclic) bond motifs is 1. The summed E-state index contributed by atoms with van der Waals surface area (Å²) >= 11 is 0. The highest BCUT2D eigenvalue weighted by Crippen LogP contribution is 2.38. The summed E-state index contributed by atoms with van der Waals surface area (Å²) < 4.78 is 63.2. The van der Waals surface area contributed by atoms with Gasteiger partial charge in [-0.05, 0) is 38.3 Å². The van der Waals surface area contributed by atoms with Crippen LogP contribution < -0.4 is 10.4 Å². The number of nitrogens with zero attached hydrogens (tertiary/aromatic N) is 3. The lowest BCUT2D eigenvalue weighted by Crippen LogP contribution is -2.39. The molecule has 4 rings (SSSR count). The molecule has 0 unspecified atom stereocenters. The molecule has 0 aliphatic heterocycles. The number of ether oxygens (including phenoxy) is 1. The molecule has 1 aliphatic rings. The van der Waals surface area contributed by atoms with Crippen molar-refractivity contribution in [3.63, 3.8) is 0 Å². The van der Waals surface area contributed by atoms with Crippen LogP contribution in [-0.4, -0.2) is 54.1 Å². The summed E-state index contributed by atoms with van der Waals surface area (Å²) in [5, 5.41) is 7.94. The smallest absolute Gasteiger partial charge is 0.332 e. The van der Waals surface area contributed by atoms with Crippen LogP contribution in [-0.2, 0) is 21.2 Å². The second kappa shape index (κ2) is 7.77. The van der Waals surface area contributed by atoms with E-state index in [1.54, 1.807) is 19.1 Å². The van der Waals surface area contributed by atoms with Gasteiger partial charge in [0.15, 0.2) is 5.82 Å². The SMILES string of the molecule is COCCc1c(S(=O)(=O)NC2(CF)CC2)c(F)cc2[nH]c(=O)n(-c3ccc(C)nn3)c12. The number of hydrogen-bond acceptors (Lipinski definition) is 6. The van der Waals surface area contributed by atoms with E-state index in [1.165, 1.54) is 7.11 Å². The van der Waals surface area contributed by atoms with E-state index < -0.39 is 38.6 Å². The van der Waals surface area contributed by atoms with Crippen LogP contribution in [0.2, 0.25) is 0 Å². The molecule has 1 aliphatic carbocycles. The Bertz CT molecular complexity index is 1300. The number of aromatic nitrogens is 4. The van der Waals surface area contributed by atoms with Gasteiger partial charge in [0, 0.05) is 18.7 Å². The fourth-order valence-electron chi connectivity index (χ4n) is 3.50. The molecule has 0 radical (unpaired) electrons. The molecule has 2 N–H and O–H groups in total. The molecule has 31 heavy (non-hydrogen) atoms. The molecule has 9 nitrogen and oxygen atoms in total. The minimum absolute atomic E-state index is 0.0137. The van der Waals surface area contributed by atoms with E-state index in [2.05, 4.69) is 19.9 Å². The molecule has 2 aromatic heterocycles. The van der Waals surface area contributed by atoms with Gasteiger partial charge >= 0.3 is 5.69 Å². The molecule has 0 bridgehead atoms. The maximum atomic E-state index is 15.1. The Morgan fingerprint density at radius 3 is 2.65 bits per heavy atom. The van der Waals surface area contributed by atoms with Crippen molar-refractivity contribution in [2.75, 3.05) is 20.4 Å². The summed E-state index contributed by atoms with van der Waals surface area (Å²) in [6.45, 7) is 0.898. The molecule has 12 heteroatoms. The summed E-state index contributed by atoms with van der Waals surface area (Å²) in [7, 11) is -3.02. The molecule has 1 fully saturated rings. The lowest BCUT2D eigenvalue weighted by atomic mass is 10.1. The van der Waals surface area contributed by atoms with Crippen LogP contribution in [0.15, 0.2) is 27.9 Å². The molecular formula is C19H21F2N5O4S. The minimum atomic E-state index is -4.43. The van der Waals surface area contributed by atoms with Gasteiger partial charge in [0.1, 0.15) is 17.4 Å². The van der Waals surface area contributed by atoms with Gasteiger partial charge < -0.3 is 9.72 Å². The number of sulfonamides is 1. The zero-order valence-electron chi connectivity index (χ0n) is 16.9. The molecule has 1 saturated carbocycles. The van der Waals surface area contributed by atoms with Crippen molar-refractivity contribution in [1.82, 2.24) is 24.5 Å². The van der Waals surface area contributed by atoms with Gasteiger partial charge in [-0.1, -0.05) is 0 Å². The standard InChI is InChI=1S/C19H21F2N5O4S/c1-11-3-4-15(24-23-11)26-16-12(5-8-30-2)17(13(21)9-14(16)22-18(26)27)31(28,29)25-19(10-20)6-7-19/h3-4,9,25H,5-8,10H2,1-2H3,(H,22,27). The number of halogens is 2. The Kier molecular flexibility index (Phi) is 5.40. The quantitative estimate of drug-likeness (QED) is 0.534. The van der Waals surface area contributed by atoms with Gasteiger partial charge in [-0.25, -0.2) is 31.3 Å². The van der Waals surface area contributed by atoms with Crippen LogP contribution >= 0.6 is 0 Å². The van der Waals surface area contributed by atoms with Crippen LogP contribution in [0.5, 0.6) is 0 Å². The molecule has 0 amide bonds. The maximum Gasteiger partial charge on any atom is 0.332 e. The average molecular weight is 453 g/mol. The van der Waals surface area contributed by atoms with Gasteiger partial charge in [-0.3, -0.25) is 0 Å². The number of rotatable bonds is 8. The largest absolute Gasteiger partial charge is 0.384 e. The summed E-state index contributed by atoms with van der Waals surface area (Å²) in [5.74, 6) is -0.907. The number of aromatic amines is 1. The van der Waals surface area contributed by atoms with Gasteiger partial charge in [0.05, 0.1) is 28.9 Å². The fraction of sp³-hybridized carbons (Fsp3) is 0.421. The van der Waals surface area contributed by atoms with Gasteiger partial charge in [0.25, 0.3) is 0 Å². The highest BCUT2D eigenvalue weighted by atomic mass is 32.2. The van der Waals surface area contributed by atoms with E-state index in [-0.39, 0.29) is 35.4 Å². The molecular weight excluding hydrogens is 432 g/mol. The van der Waals surface area contributed by atoms with Crippen molar-refractivity contribution in [2.45, 2.75) is 36.6 Å². The Hall–Kier alpha value is -2.70. The third kappa shape index (κ3) is 3.86. The van der Waals surface area contributed by atoms with Crippen molar-refractivity contribution in [3.8, 4) is 5.82 Å². The zero-order chi connectivity index (χ0) is 22.4. The van der Waals surface area contributed by atoms with Crippen LogP contribution in [0, 0.1) is 12.7 Å². The Labute approximate surface area is 176 Å². The Morgan fingerprint density at radius 2 is 2.06 bits per heavy atom. The number of imidazole rings is 1. The van der Waals surface area contributed by atoms with Crippen LogP contribution in [0.3, 0.4) is 0 Å². The van der Waals surface area contributed by atoms with Crippen molar-refractivity contribution >= 4 is 21.1 Å². The first kappa shape index (κ1) is 21.5. The number of H-pyrrole nitrogens is 1. The molecule has 0 atom stereocenters. The normalized spacial score (nSPS) is 15.5. The first-order chi connectivity index (χ1) is 14.7. The molecule has 3 aromatic rings. The summed E-state index contributed by atoms with van der Waals surface area (Å²) in [5.41, 5.74) is -0.945. The lowest BCUT2D eigenvalue weighted by Gasteiger charge is -2.18. The second-order valence-electron chi connectivity index (χ2n) is 7.62. The van der Waals surface area contributed by atoms with Crippen molar-refractivity contribution in [1.29, 1.82) is 0 Å². The number of alkyl halides is 1. The van der Waals surface area contributed by atoms with Crippen molar-refractivity contribution < 1.29 is 21.9 Å². The maximum absolute atomic E-state index is 15.1. The van der Waals surface area contributed by atoms with E-state index >= 15 is 4.39 Å². The average Bonchev–Trinajstić information content (AvgIpc) is 3.40. The number of aryl methyl sites for hydroxylation is 1. The number of nitrogens with one attached hydrogen (secondary N) is 2. The predicted octanol–water partition coefficient (Wildman–Crippen LogP) is 1.53. The molecule has 166 valence electrons. The van der Waals surface area contributed by atoms with Crippen LogP contribution in [0.4, 0.5) is 8.78 Å².